The Morgan fingerprint density at radius 2 is 1.07 bits per heavy atom. The molecule has 68 heavy (non-hydrogen) atoms. The zero-order valence-electron chi connectivity index (χ0n) is 37.7. The number of rotatable bonds is 6. The van der Waals surface area contributed by atoms with Crippen molar-refractivity contribution < 1.29 is 4.42 Å². The van der Waals surface area contributed by atoms with E-state index < -0.39 is 0 Å². The van der Waals surface area contributed by atoms with Crippen LogP contribution in [0.3, 0.4) is 0 Å². The lowest BCUT2D eigenvalue weighted by Crippen LogP contribution is -2.16. The number of anilines is 3. The number of nitrogens with zero attached hydrogens (tertiary/aromatic N) is 2. The van der Waals surface area contributed by atoms with Crippen molar-refractivity contribution >= 4 is 82.4 Å². The van der Waals surface area contributed by atoms with Gasteiger partial charge in [-0.05, 0) is 110 Å². The average Bonchev–Trinajstić information content (AvgIpc) is 4.03. The molecule has 3 heteroatoms. The molecule has 0 atom stereocenters. The third kappa shape index (κ3) is 5.53. The van der Waals surface area contributed by atoms with E-state index >= 15 is 0 Å². The maximum atomic E-state index is 7.10. The largest absolute Gasteiger partial charge is 0.455 e. The van der Waals surface area contributed by atoms with Gasteiger partial charge >= 0.3 is 0 Å². The summed E-state index contributed by atoms with van der Waals surface area (Å²) in [5, 5.41) is 9.54. The summed E-state index contributed by atoms with van der Waals surface area (Å²) in [6.07, 6.45) is 0. The molecule has 0 saturated carbocycles. The van der Waals surface area contributed by atoms with Crippen molar-refractivity contribution in [3.05, 3.63) is 242 Å². The smallest absolute Gasteiger partial charge is 0.145 e. The number of fused-ring (bicyclic) bond motifs is 12. The SMILES string of the molecule is CC1(C)c2ccccc2-c2c(N(c3ccc(-c4cccc5c6ccccc6n(-c6ccccc6)c45)cc3)c3ccc(-c4cc5ccccc5c5ccccc45)c4oc5ccccc5c34)cccc21. The zero-order valence-corrected chi connectivity index (χ0v) is 37.7. The molecular weight excluding hydrogens is 825 g/mol. The minimum atomic E-state index is -0.175. The Morgan fingerprint density at radius 3 is 1.93 bits per heavy atom. The van der Waals surface area contributed by atoms with Crippen molar-refractivity contribution in [2.75, 3.05) is 4.90 Å². The quantitative estimate of drug-likeness (QED) is 0.155. The fourth-order valence-corrected chi connectivity index (χ4v) is 11.7. The van der Waals surface area contributed by atoms with Gasteiger partial charge in [0.25, 0.3) is 0 Å². The minimum Gasteiger partial charge on any atom is -0.455 e. The van der Waals surface area contributed by atoms with E-state index in [-0.39, 0.29) is 5.41 Å². The molecule has 3 nitrogen and oxygen atoms in total. The maximum Gasteiger partial charge on any atom is 0.145 e. The van der Waals surface area contributed by atoms with Crippen LogP contribution < -0.4 is 4.90 Å². The van der Waals surface area contributed by atoms with E-state index in [1.165, 1.54) is 71.2 Å². The molecule has 0 unspecified atom stereocenters. The van der Waals surface area contributed by atoms with Gasteiger partial charge in [-0.3, -0.25) is 0 Å². The monoisotopic (exact) mass is 868 g/mol. The Hall–Kier alpha value is -8.66. The van der Waals surface area contributed by atoms with Crippen LogP contribution in [0.2, 0.25) is 0 Å². The number of hydrogen-bond donors (Lipinski definition) is 0. The number of hydrogen-bond acceptors (Lipinski definition) is 2. The van der Waals surface area contributed by atoms with Crippen LogP contribution >= 0.6 is 0 Å². The molecule has 11 aromatic carbocycles. The highest BCUT2D eigenvalue weighted by Crippen LogP contribution is 2.56. The van der Waals surface area contributed by atoms with Gasteiger partial charge in [0.1, 0.15) is 11.2 Å². The predicted octanol–water partition coefficient (Wildman–Crippen LogP) is 18.1. The summed E-state index contributed by atoms with van der Waals surface area (Å²) >= 11 is 0. The van der Waals surface area contributed by atoms with Crippen molar-refractivity contribution in [2.24, 2.45) is 0 Å². The Labute approximate surface area is 394 Å². The lowest BCUT2D eigenvalue weighted by molar-refractivity contribution is 0.660. The molecule has 13 aromatic rings. The van der Waals surface area contributed by atoms with Crippen molar-refractivity contribution in [1.29, 1.82) is 0 Å². The maximum absolute atomic E-state index is 7.10. The Kier molecular flexibility index (Phi) is 8.33. The van der Waals surface area contributed by atoms with Crippen LogP contribution in [0.25, 0.3) is 104 Å². The first kappa shape index (κ1) is 38.6. The van der Waals surface area contributed by atoms with E-state index in [9.17, 15) is 0 Å². The first-order valence-electron chi connectivity index (χ1n) is 23.6. The average molecular weight is 869 g/mol. The Balaban J connectivity index is 1.03. The van der Waals surface area contributed by atoms with Gasteiger partial charge in [0, 0.05) is 49.6 Å². The third-order valence-electron chi connectivity index (χ3n) is 14.8. The Morgan fingerprint density at radius 1 is 0.426 bits per heavy atom. The van der Waals surface area contributed by atoms with E-state index in [1.54, 1.807) is 0 Å². The van der Waals surface area contributed by atoms with Gasteiger partial charge in [-0.15, -0.1) is 0 Å². The molecule has 320 valence electrons. The summed E-state index contributed by atoms with van der Waals surface area (Å²) in [4.78, 5) is 2.49. The van der Waals surface area contributed by atoms with Gasteiger partial charge in [-0.2, -0.15) is 0 Å². The molecule has 1 aliphatic carbocycles. The fourth-order valence-electron chi connectivity index (χ4n) is 11.7. The second kappa shape index (κ2) is 14.7. The standard InChI is InChI=1S/C65H44N2O/c1-65(2)55-29-13-10-25-52(55)61-56(65)30-17-32-58(61)66(44-36-34-41(35-37-44)46-27-16-28-50-49-24-11-14-31-57(49)67(63(46)50)43-19-4-3-5-20-43)59-39-38-51(64-62(59)53-26-12-15-33-60(53)68-64)54-40-42-18-6-7-21-45(42)47-22-8-9-23-48(47)54/h3-40H,1-2H3. The lowest BCUT2D eigenvalue weighted by atomic mass is 9.82. The third-order valence-corrected chi connectivity index (χ3v) is 14.8. The van der Waals surface area contributed by atoms with Crippen LogP contribution in [0, 0.1) is 0 Å². The molecule has 0 N–H and O–H groups in total. The molecule has 0 radical (unpaired) electrons. The van der Waals surface area contributed by atoms with Gasteiger partial charge in [-0.25, -0.2) is 0 Å². The normalized spacial score (nSPS) is 13.0. The van der Waals surface area contributed by atoms with Crippen molar-refractivity contribution in [1.82, 2.24) is 4.57 Å². The van der Waals surface area contributed by atoms with Crippen molar-refractivity contribution in [2.45, 2.75) is 19.3 Å². The van der Waals surface area contributed by atoms with E-state index in [4.69, 9.17) is 4.42 Å². The zero-order chi connectivity index (χ0) is 45.1. The number of benzene rings is 11. The van der Waals surface area contributed by atoms with Crippen molar-refractivity contribution in [3.63, 3.8) is 0 Å². The van der Waals surface area contributed by atoms with Gasteiger partial charge < -0.3 is 13.9 Å². The highest BCUT2D eigenvalue weighted by Gasteiger charge is 2.38. The minimum absolute atomic E-state index is 0.175. The summed E-state index contributed by atoms with van der Waals surface area (Å²) in [6, 6.07) is 84.3. The van der Waals surface area contributed by atoms with Crippen LogP contribution in [0.1, 0.15) is 25.0 Å². The highest BCUT2D eigenvalue weighted by molar-refractivity contribution is 6.21. The van der Waals surface area contributed by atoms with Gasteiger partial charge in [-0.1, -0.05) is 184 Å². The van der Waals surface area contributed by atoms with E-state index in [2.05, 4.69) is 254 Å². The fraction of sp³-hybridized carbons (Fsp3) is 0.0462. The first-order valence-corrected chi connectivity index (χ1v) is 23.6. The molecule has 0 fully saturated rings. The van der Waals surface area contributed by atoms with Gasteiger partial charge in [0.15, 0.2) is 0 Å². The lowest BCUT2D eigenvalue weighted by Gasteiger charge is -2.30. The number of aromatic nitrogens is 1. The van der Waals surface area contributed by atoms with E-state index in [0.717, 1.165) is 61.4 Å². The second-order valence-corrected chi connectivity index (χ2v) is 18.8. The van der Waals surface area contributed by atoms with Gasteiger partial charge in [0.2, 0.25) is 0 Å². The molecule has 14 rings (SSSR count). The Bertz CT molecular complexity index is 4170. The second-order valence-electron chi connectivity index (χ2n) is 18.8. The molecule has 1 aliphatic rings. The van der Waals surface area contributed by atoms with Crippen LogP contribution in [0.5, 0.6) is 0 Å². The van der Waals surface area contributed by atoms with Gasteiger partial charge in [0.05, 0.1) is 27.8 Å². The molecular formula is C65H44N2O. The molecule has 2 aromatic heterocycles. The first-order chi connectivity index (χ1) is 33.5. The summed E-state index contributed by atoms with van der Waals surface area (Å²) in [5.41, 5.74) is 18.1. The summed E-state index contributed by atoms with van der Waals surface area (Å²) < 4.78 is 9.53. The van der Waals surface area contributed by atoms with E-state index in [0.29, 0.717) is 0 Å². The molecule has 0 saturated heterocycles. The molecule has 0 aliphatic heterocycles. The summed E-state index contributed by atoms with van der Waals surface area (Å²) in [6.45, 7) is 4.72. The molecule has 2 heterocycles. The highest BCUT2D eigenvalue weighted by atomic mass is 16.3. The summed E-state index contributed by atoms with van der Waals surface area (Å²) in [5.74, 6) is 0. The van der Waals surface area contributed by atoms with Crippen LogP contribution in [0.4, 0.5) is 17.1 Å². The molecule has 0 amide bonds. The molecule has 0 bridgehead atoms. The van der Waals surface area contributed by atoms with Crippen LogP contribution in [-0.4, -0.2) is 4.57 Å². The van der Waals surface area contributed by atoms with Crippen LogP contribution in [-0.2, 0) is 5.41 Å². The summed E-state index contributed by atoms with van der Waals surface area (Å²) in [7, 11) is 0. The van der Waals surface area contributed by atoms with E-state index in [1.807, 2.05) is 0 Å². The number of para-hydroxylation sites is 4. The van der Waals surface area contributed by atoms with Crippen LogP contribution in [0.15, 0.2) is 235 Å². The van der Waals surface area contributed by atoms with Crippen molar-refractivity contribution in [3.8, 4) is 39.1 Å². The number of furan rings is 1. The molecule has 0 spiro atoms. The topological polar surface area (TPSA) is 21.3 Å². The predicted molar refractivity (Wildman–Crippen MR) is 286 cm³/mol.